The van der Waals surface area contributed by atoms with Gasteiger partial charge >= 0.3 is 6.18 Å². The predicted molar refractivity (Wildman–Crippen MR) is 143 cm³/mol. The number of nitrogens with zero attached hydrogens (tertiary/aromatic N) is 1. The smallest absolute Gasteiger partial charge is 0.411 e. The Bertz CT molecular complexity index is 1470. The number of alkyl halides is 3. The molecule has 0 unspecified atom stereocenters. The maximum absolute atomic E-state index is 15.2. The zero-order valence-corrected chi connectivity index (χ0v) is 21.9. The fourth-order valence-corrected chi connectivity index (χ4v) is 4.50. The zero-order chi connectivity index (χ0) is 29.0. The van der Waals surface area contributed by atoms with Crippen LogP contribution in [-0.2, 0) is 22.6 Å². The van der Waals surface area contributed by atoms with E-state index in [2.05, 4.69) is 10.3 Å². The molecule has 0 saturated heterocycles. The SMILES string of the molecule is O=C(Cc1cc(OCc2ccccc2)c(C2=CCOCC2)cc1F)Nc1ccnc(C(=O)NC2(C(F)(F)F)CC2)c1. The molecule has 214 valence electrons. The summed E-state index contributed by atoms with van der Waals surface area (Å²) in [5, 5.41) is 4.56. The molecule has 1 aliphatic carbocycles. The molecule has 2 aliphatic rings. The molecule has 2 heterocycles. The summed E-state index contributed by atoms with van der Waals surface area (Å²) in [6.07, 6.45) is -1.67. The lowest BCUT2D eigenvalue weighted by atomic mass is 9.97. The predicted octanol–water partition coefficient (Wildman–Crippen LogP) is 5.61. The maximum atomic E-state index is 15.2. The van der Waals surface area contributed by atoms with Crippen LogP contribution in [0.25, 0.3) is 5.57 Å². The number of hydrogen-bond donors (Lipinski definition) is 2. The van der Waals surface area contributed by atoms with Gasteiger partial charge in [-0.3, -0.25) is 14.6 Å². The number of carbonyl (C=O) groups excluding carboxylic acids is 2. The van der Waals surface area contributed by atoms with Crippen molar-refractivity contribution in [3.05, 3.63) is 95.1 Å². The van der Waals surface area contributed by atoms with Crippen LogP contribution >= 0.6 is 0 Å². The van der Waals surface area contributed by atoms with Gasteiger partial charge in [0.2, 0.25) is 5.91 Å². The molecular weight excluding hydrogens is 542 g/mol. The lowest BCUT2D eigenvalue weighted by Crippen LogP contribution is -2.48. The average molecular weight is 570 g/mol. The fourth-order valence-electron chi connectivity index (χ4n) is 4.50. The number of carbonyl (C=O) groups is 2. The average Bonchev–Trinajstić information content (AvgIpc) is 3.75. The topological polar surface area (TPSA) is 89.6 Å². The van der Waals surface area contributed by atoms with Crippen molar-refractivity contribution in [1.29, 1.82) is 0 Å². The Balaban J connectivity index is 1.30. The second kappa shape index (κ2) is 11.7. The van der Waals surface area contributed by atoms with E-state index in [1.807, 2.05) is 41.7 Å². The molecule has 41 heavy (non-hydrogen) atoms. The van der Waals surface area contributed by atoms with Gasteiger partial charge in [0.15, 0.2) is 0 Å². The number of aromatic nitrogens is 1. The normalized spacial score (nSPS) is 16.0. The number of benzene rings is 2. The Kier molecular flexibility index (Phi) is 8.07. The lowest BCUT2D eigenvalue weighted by Gasteiger charge is -2.20. The molecule has 2 aromatic carbocycles. The van der Waals surface area contributed by atoms with Crippen molar-refractivity contribution in [3.8, 4) is 5.75 Å². The molecule has 1 aliphatic heterocycles. The Morgan fingerprint density at radius 1 is 1.07 bits per heavy atom. The molecular formula is C30H27F4N3O4. The van der Waals surface area contributed by atoms with E-state index < -0.39 is 29.3 Å². The molecule has 7 nitrogen and oxygen atoms in total. The van der Waals surface area contributed by atoms with Crippen LogP contribution in [-0.4, -0.2) is 41.7 Å². The van der Waals surface area contributed by atoms with Gasteiger partial charge in [0.25, 0.3) is 5.91 Å². The summed E-state index contributed by atoms with van der Waals surface area (Å²) in [5.74, 6) is -1.76. The third-order valence-electron chi connectivity index (χ3n) is 6.97. The van der Waals surface area contributed by atoms with Gasteiger partial charge in [0.1, 0.15) is 29.4 Å². The summed E-state index contributed by atoms with van der Waals surface area (Å²) >= 11 is 0. The van der Waals surface area contributed by atoms with E-state index >= 15 is 4.39 Å². The van der Waals surface area contributed by atoms with Crippen molar-refractivity contribution in [2.45, 2.75) is 44.0 Å². The quantitative estimate of drug-likeness (QED) is 0.327. The highest BCUT2D eigenvalue weighted by atomic mass is 19.4. The van der Waals surface area contributed by atoms with E-state index in [1.54, 1.807) is 0 Å². The van der Waals surface area contributed by atoms with Crippen molar-refractivity contribution in [3.63, 3.8) is 0 Å². The van der Waals surface area contributed by atoms with E-state index in [0.29, 0.717) is 30.9 Å². The Morgan fingerprint density at radius 2 is 1.85 bits per heavy atom. The highest BCUT2D eigenvalue weighted by Crippen LogP contribution is 2.49. The van der Waals surface area contributed by atoms with Gasteiger partial charge < -0.3 is 20.1 Å². The van der Waals surface area contributed by atoms with Gasteiger partial charge in [-0.1, -0.05) is 36.4 Å². The molecule has 1 aromatic heterocycles. The summed E-state index contributed by atoms with van der Waals surface area (Å²) < 4.78 is 66.3. The molecule has 2 N–H and O–H groups in total. The number of rotatable bonds is 9. The molecule has 1 saturated carbocycles. The van der Waals surface area contributed by atoms with Gasteiger partial charge in [0, 0.05) is 23.0 Å². The first-order valence-electron chi connectivity index (χ1n) is 13.0. The Hall–Kier alpha value is -4.25. The third-order valence-corrected chi connectivity index (χ3v) is 6.97. The fraction of sp³-hybridized carbons (Fsp3) is 0.300. The van der Waals surface area contributed by atoms with E-state index in [0.717, 1.165) is 11.1 Å². The van der Waals surface area contributed by atoms with Gasteiger partial charge in [0.05, 0.1) is 19.6 Å². The number of amides is 2. The van der Waals surface area contributed by atoms with Gasteiger partial charge in [-0.15, -0.1) is 0 Å². The van der Waals surface area contributed by atoms with E-state index in [1.165, 1.54) is 30.5 Å². The first kappa shape index (κ1) is 28.3. The summed E-state index contributed by atoms with van der Waals surface area (Å²) in [5.41, 5.74) is 0.0963. The highest BCUT2D eigenvalue weighted by molar-refractivity contribution is 5.96. The van der Waals surface area contributed by atoms with Crippen molar-refractivity contribution in [1.82, 2.24) is 10.3 Å². The Labute approximate surface area is 233 Å². The van der Waals surface area contributed by atoms with Crippen molar-refractivity contribution >= 4 is 23.1 Å². The molecule has 5 rings (SSSR count). The van der Waals surface area contributed by atoms with Crippen LogP contribution in [0.1, 0.15) is 46.4 Å². The molecule has 1 fully saturated rings. The maximum Gasteiger partial charge on any atom is 0.411 e. The van der Waals surface area contributed by atoms with Crippen LogP contribution in [0.2, 0.25) is 0 Å². The third kappa shape index (κ3) is 6.74. The zero-order valence-electron chi connectivity index (χ0n) is 21.9. The molecule has 0 atom stereocenters. The number of ether oxygens (including phenoxy) is 2. The van der Waals surface area contributed by atoms with Crippen LogP contribution in [0.5, 0.6) is 5.75 Å². The van der Waals surface area contributed by atoms with Gasteiger partial charge in [-0.2, -0.15) is 13.2 Å². The number of anilines is 1. The monoisotopic (exact) mass is 569 g/mol. The summed E-state index contributed by atoms with van der Waals surface area (Å²) in [4.78, 5) is 29.1. The van der Waals surface area contributed by atoms with Crippen LogP contribution in [0.4, 0.5) is 23.2 Å². The molecule has 0 bridgehead atoms. The second-order valence-electron chi connectivity index (χ2n) is 9.96. The molecule has 2 amide bonds. The summed E-state index contributed by atoms with van der Waals surface area (Å²) in [7, 11) is 0. The minimum Gasteiger partial charge on any atom is -0.488 e. The van der Waals surface area contributed by atoms with Crippen molar-refractivity contribution in [2.24, 2.45) is 0 Å². The second-order valence-corrected chi connectivity index (χ2v) is 9.96. The first-order chi connectivity index (χ1) is 19.6. The molecule has 0 radical (unpaired) electrons. The number of pyridine rings is 1. The van der Waals surface area contributed by atoms with Crippen LogP contribution in [0.15, 0.2) is 66.9 Å². The minimum atomic E-state index is -4.57. The summed E-state index contributed by atoms with van der Waals surface area (Å²) in [6.45, 7) is 1.15. The number of nitrogens with one attached hydrogen (secondary N) is 2. The number of hydrogen-bond acceptors (Lipinski definition) is 5. The van der Waals surface area contributed by atoms with Crippen LogP contribution < -0.4 is 15.4 Å². The standard InChI is InChI=1S/C30H27F4N3O4/c31-24-17-23(20-7-12-40-13-8-20)26(41-18-19-4-2-1-3-5-19)14-21(24)15-27(38)36-22-6-11-35-25(16-22)28(39)37-29(9-10-29)30(32,33)34/h1-7,11,14,16-17H,8-10,12-13,15,18H2,(H,37,39)(H,35,36,38). The first-order valence-corrected chi connectivity index (χ1v) is 13.0. The number of halogens is 4. The van der Waals surface area contributed by atoms with E-state index in [-0.39, 0.29) is 42.8 Å². The lowest BCUT2D eigenvalue weighted by molar-refractivity contribution is -0.163. The van der Waals surface area contributed by atoms with Gasteiger partial charge in [-0.25, -0.2) is 4.39 Å². The highest BCUT2D eigenvalue weighted by Gasteiger charge is 2.64. The van der Waals surface area contributed by atoms with Crippen molar-refractivity contribution < 1.29 is 36.6 Å². The minimum absolute atomic E-state index is 0.0925. The Morgan fingerprint density at radius 3 is 2.54 bits per heavy atom. The molecule has 11 heteroatoms. The largest absolute Gasteiger partial charge is 0.488 e. The van der Waals surface area contributed by atoms with Crippen LogP contribution in [0, 0.1) is 5.82 Å². The van der Waals surface area contributed by atoms with E-state index in [9.17, 15) is 22.8 Å². The van der Waals surface area contributed by atoms with Crippen molar-refractivity contribution in [2.75, 3.05) is 18.5 Å². The van der Waals surface area contributed by atoms with Crippen LogP contribution in [0.3, 0.4) is 0 Å². The van der Waals surface area contributed by atoms with Gasteiger partial charge in [-0.05, 0) is 54.7 Å². The summed E-state index contributed by atoms with van der Waals surface area (Å²) in [6, 6.07) is 14.9. The molecule has 3 aromatic rings. The van der Waals surface area contributed by atoms with E-state index in [4.69, 9.17) is 9.47 Å². The molecule has 0 spiro atoms.